The number of cyclic esters (lactones) is 1. The fraction of sp³-hybridized carbons (Fsp3) is 0.632. The molecule has 0 radical (unpaired) electrons. The smallest absolute Gasteiger partial charge is 0.407 e. The lowest BCUT2D eigenvalue weighted by atomic mass is 9.69. The minimum absolute atomic E-state index is 0.0684. The summed E-state index contributed by atoms with van der Waals surface area (Å²) >= 11 is 12.1. The van der Waals surface area contributed by atoms with Crippen LogP contribution in [0.25, 0.3) is 0 Å². The monoisotopic (exact) mass is 398 g/mol. The van der Waals surface area contributed by atoms with E-state index < -0.39 is 0 Å². The molecule has 0 atom stereocenters. The van der Waals surface area contributed by atoms with E-state index in [0.29, 0.717) is 29.2 Å². The quantitative estimate of drug-likeness (QED) is 0.817. The van der Waals surface area contributed by atoms with Crippen LogP contribution in [-0.2, 0) is 16.1 Å². The molecular weight excluding hydrogens is 375 g/mol. The Labute approximate surface area is 163 Å². The summed E-state index contributed by atoms with van der Waals surface area (Å²) < 4.78 is 11.1. The van der Waals surface area contributed by atoms with Gasteiger partial charge in [-0.3, -0.25) is 0 Å². The Balaban J connectivity index is 1.16. The van der Waals surface area contributed by atoms with Crippen LogP contribution in [0.1, 0.15) is 31.2 Å². The molecule has 7 heteroatoms. The van der Waals surface area contributed by atoms with E-state index in [1.54, 1.807) is 6.07 Å². The Morgan fingerprint density at radius 1 is 1.27 bits per heavy atom. The number of likely N-dealkylation sites (tertiary alicyclic amines) is 1. The van der Waals surface area contributed by atoms with Gasteiger partial charge in [0.2, 0.25) is 0 Å². The summed E-state index contributed by atoms with van der Waals surface area (Å²) in [5.74, 6) is 0.655. The number of carbonyl (C=O) groups excluding carboxylic acids is 1. The second-order valence-corrected chi connectivity index (χ2v) is 8.65. The Morgan fingerprint density at radius 2 is 2.04 bits per heavy atom. The third kappa shape index (κ3) is 4.11. The lowest BCUT2D eigenvalue weighted by molar-refractivity contribution is -0.0130. The first-order valence-corrected chi connectivity index (χ1v) is 10.00. The maximum atomic E-state index is 11.2. The number of benzene rings is 1. The molecule has 2 aliphatic heterocycles. The number of amides is 1. The molecule has 26 heavy (non-hydrogen) atoms. The van der Waals surface area contributed by atoms with Gasteiger partial charge in [0.15, 0.2) is 0 Å². The highest BCUT2D eigenvalue weighted by molar-refractivity contribution is 6.35. The first-order valence-electron chi connectivity index (χ1n) is 9.24. The summed E-state index contributed by atoms with van der Waals surface area (Å²) in [6, 6.07) is 5.53. The van der Waals surface area contributed by atoms with Crippen LogP contribution in [0.3, 0.4) is 0 Å². The van der Waals surface area contributed by atoms with Gasteiger partial charge in [-0.25, -0.2) is 4.79 Å². The van der Waals surface area contributed by atoms with Crippen LogP contribution in [-0.4, -0.2) is 48.9 Å². The molecule has 2 heterocycles. The van der Waals surface area contributed by atoms with Crippen LogP contribution in [0, 0.1) is 5.92 Å². The lowest BCUT2D eigenvalue weighted by Crippen LogP contribution is -2.57. The number of rotatable bonds is 5. The van der Waals surface area contributed by atoms with Gasteiger partial charge in [0.25, 0.3) is 0 Å². The molecule has 1 saturated carbocycles. The highest BCUT2D eigenvalue weighted by Crippen LogP contribution is 2.41. The molecule has 5 nitrogen and oxygen atoms in total. The van der Waals surface area contributed by atoms with Crippen LogP contribution in [0.4, 0.5) is 4.79 Å². The van der Waals surface area contributed by atoms with Gasteiger partial charge in [0, 0.05) is 29.7 Å². The van der Waals surface area contributed by atoms with Crippen LogP contribution in [0.5, 0.6) is 0 Å². The van der Waals surface area contributed by atoms with Gasteiger partial charge in [-0.15, -0.1) is 0 Å². The molecule has 2 saturated heterocycles. The van der Waals surface area contributed by atoms with Gasteiger partial charge in [0.05, 0.1) is 18.2 Å². The SMILES string of the molecule is O=C1NC2(CO1)CC(CN1CCC(OCc3ccc(Cl)cc3Cl)CC1)C2. The number of piperidine rings is 1. The molecule has 1 aliphatic carbocycles. The highest BCUT2D eigenvalue weighted by Gasteiger charge is 2.50. The Morgan fingerprint density at radius 3 is 2.69 bits per heavy atom. The third-order valence-corrected chi connectivity index (χ3v) is 6.33. The van der Waals surface area contributed by atoms with Crippen LogP contribution >= 0.6 is 23.2 Å². The summed E-state index contributed by atoms with van der Waals surface area (Å²) in [6.45, 7) is 4.29. The summed E-state index contributed by atoms with van der Waals surface area (Å²) in [4.78, 5) is 13.7. The molecule has 1 amide bonds. The second-order valence-electron chi connectivity index (χ2n) is 7.80. The van der Waals surface area contributed by atoms with E-state index in [9.17, 15) is 4.79 Å². The van der Waals surface area contributed by atoms with Crippen molar-refractivity contribution in [2.45, 2.75) is 43.9 Å². The fourth-order valence-corrected chi connectivity index (χ4v) is 4.82. The lowest BCUT2D eigenvalue weighted by Gasteiger charge is -2.45. The van der Waals surface area contributed by atoms with Gasteiger partial charge in [0.1, 0.15) is 6.61 Å². The van der Waals surface area contributed by atoms with E-state index in [4.69, 9.17) is 32.7 Å². The van der Waals surface area contributed by atoms with Crippen molar-refractivity contribution in [1.29, 1.82) is 0 Å². The summed E-state index contributed by atoms with van der Waals surface area (Å²) in [5, 5.41) is 4.27. The molecule has 1 spiro atoms. The standard InChI is InChI=1S/C19H24Cl2N2O3/c20-15-2-1-14(17(21)7-15)11-25-16-3-5-23(6-4-16)10-13-8-19(9-13)12-26-18(24)22-19/h1-2,7,13,16H,3-6,8-12H2,(H,22,24). The van der Waals surface area contributed by atoms with E-state index in [1.807, 2.05) is 12.1 Å². The van der Waals surface area contributed by atoms with Crippen molar-refractivity contribution in [2.24, 2.45) is 5.92 Å². The number of hydrogen-bond acceptors (Lipinski definition) is 4. The molecule has 1 N–H and O–H groups in total. The predicted molar refractivity (Wildman–Crippen MR) is 101 cm³/mol. The van der Waals surface area contributed by atoms with Crippen molar-refractivity contribution in [1.82, 2.24) is 10.2 Å². The van der Waals surface area contributed by atoms with Crippen LogP contribution < -0.4 is 5.32 Å². The molecule has 0 unspecified atom stereocenters. The first kappa shape index (κ1) is 18.4. The first-order chi connectivity index (χ1) is 12.5. The zero-order chi connectivity index (χ0) is 18.1. The maximum absolute atomic E-state index is 11.2. The summed E-state index contributed by atoms with van der Waals surface area (Å²) in [7, 11) is 0. The summed E-state index contributed by atoms with van der Waals surface area (Å²) in [6.07, 6.45) is 4.18. The molecule has 1 aromatic rings. The number of nitrogens with one attached hydrogen (secondary N) is 1. The zero-order valence-electron chi connectivity index (χ0n) is 14.7. The number of carbonyl (C=O) groups is 1. The Kier molecular flexibility index (Phi) is 5.33. The topological polar surface area (TPSA) is 50.8 Å². The van der Waals surface area contributed by atoms with Gasteiger partial charge < -0.3 is 19.7 Å². The highest BCUT2D eigenvalue weighted by atomic mass is 35.5. The van der Waals surface area contributed by atoms with Crippen LogP contribution in [0.2, 0.25) is 10.0 Å². The van der Waals surface area contributed by atoms with E-state index >= 15 is 0 Å². The average Bonchev–Trinajstić information content (AvgIpc) is 2.97. The average molecular weight is 399 g/mol. The van der Waals surface area contributed by atoms with Crippen LogP contribution in [0.15, 0.2) is 18.2 Å². The summed E-state index contributed by atoms with van der Waals surface area (Å²) in [5.41, 5.74) is 0.917. The van der Waals surface area contributed by atoms with Gasteiger partial charge in [-0.1, -0.05) is 29.3 Å². The van der Waals surface area contributed by atoms with Gasteiger partial charge in [-0.05, 0) is 49.3 Å². The molecule has 3 aliphatic rings. The number of ether oxygens (including phenoxy) is 2. The fourth-order valence-electron chi connectivity index (χ4n) is 4.36. The van der Waals surface area contributed by atoms with E-state index in [2.05, 4.69) is 10.2 Å². The largest absolute Gasteiger partial charge is 0.447 e. The van der Waals surface area contributed by atoms with E-state index in [0.717, 1.165) is 50.9 Å². The number of hydrogen-bond donors (Lipinski definition) is 1. The predicted octanol–water partition coefficient (Wildman–Crippen LogP) is 3.86. The van der Waals surface area contributed by atoms with Crippen molar-refractivity contribution in [3.63, 3.8) is 0 Å². The van der Waals surface area contributed by atoms with E-state index in [-0.39, 0.29) is 17.7 Å². The molecule has 1 aromatic carbocycles. The number of nitrogens with zero attached hydrogens (tertiary/aromatic N) is 1. The Hall–Kier alpha value is -1.01. The third-order valence-electron chi connectivity index (χ3n) is 5.75. The van der Waals surface area contributed by atoms with Gasteiger partial charge >= 0.3 is 6.09 Å². The zero-order valence-corrected chi connectivity index (χ0v) is 16.2. The molecule has 0 bridgehead atoms. The molecule has 142 valence electrons. The number of halogens is 2. The number of alkyl carbamates (subject to hydrolysis) is 1. The van der Waals surface area contributed by atoms with Crippen molar-refractivity contribution in [3.05, 3.63) is 33.8 Å². The van der Waals surface area contributed by atoms with Crippen molar-refractivity contribution < 1.29 is 14.3 Å². The molecular formula is C19H24Cl2N2O3. The van der Waals surface area contributed by atoms with E-state index in [1.165, 1.54) is 0 Å². The van der Waals surface area contributed by atoms with Crippen molar-refractivity contribution in [2.75, 3.05) is 26.2 Å². The minimum Gasteiger partial charge on any atom is -0.447 e. The molecule has 4 rings (SSSR count). The maximum Gasteiger partial charge on any atom is 0.407 e. The second kappa shape index (κ2) is 7.55. The van der Waals surface area contributed by atoms with Gasteiger partial charge in [-0.2, -0.15) is 0 Å². The van der Waals surface area contributed by atoms with Crippen molar-refractivity contribution in [3.8, 4) is 0 Å². The Bertz CT molecular complexity index is 671. The molecule has 3 fully saturated rings. The normalized spacial score (nSPS) is 29.5. The minimum atomic E-state index is -0.262. The molecule has 0 aromatic heterocycles. The van der Waals surface area contributed by atoms with Crippen molar-refractivity contribution >= 4 is 29.3 Å².